The smallest absolute Gasteiger partial charge is 0.269 e. The summed E-state index contributed by atoms with van der Waals surface area (Å²) in [6.45, 7) is 2.22. The van der Waals surface area contributed by atoms with Crippen molar-refractivity contribution in [3.8, 4) is 0 Å². The van der Waals surface area contributed by atoms with Crippen LogP contribution in [-0.4, -0.2) is 54.5 Å². The van der Waals surface area contributed by atoms with Gasteiger partial charge in [-0.1, -0.05) is 77.5 Å². The molecule has 0 aliphatic carbocycles. The normalized spacial score (nSPS) is 14.5. The van der Waals surface area contributed by atoms with Gasteiger partial charge in [0.1, 0.15) is 10.9 Å². The zero-order valence-electron chi connectivity index (χ0n) is 21.5. The highest BCUT2D eigenvalue weighted by Gasteiger charge is 2.41. The minimum atomic E-state index is -4.05. The Balaban J connectivity index is 1.63. The maximum absolute atomic E-state index is 13.8. The number of nitrogens with one attached hydrogen (secondary N) is 1. The average molecular weight is 613 g/mol. The van der Waals surface area contributed by atoms with Crippen molar-refractivity contribution in [2.75, 3.05) is 13.1 Å². The predicted molar refractivity (Wildman–Crippen MR) is 151 cm³/mol. The number of halogens is 1. The van der Waals surface area contributed by atoms with Crippen LogP contribution >= 0.6 is 15.9 Å². The summed E-state index contributed by atoms with van der Waals surface area (Å²) in [5.74, 6) is -1.37. The molecule has 1 aliphatic heterocycles. The SMILES string of the molecule is CCCNC(=O)[C@H](Cc1ccccc1)N(Cc1cccc(Br)c1)C(=O)CCN1C(=O)c2ccccc2S1(=O)=O. The zero-order chi connectivity index (χ0) is 28.0. The number of amides is 3. The molecule has 0 bridgehead atoms. The molecule has 0 saturated heterocycles. The fourth-order valence-corrected chi connectivity index (χ4v) is 6.56. The monoisotopic (exact) mass is 611 g/mol. The Morgan fingerprint density at radius 1 is 0.974 bits per heavy atom. The molecule has 0 spiro atoms. The van der Waals surface area contributed by atoms with E-state index in [1.165, 1.54) is 17.0 Å². The molecule has 1 atom stereocenters. The van der Waals surface area contributed by atoms with E-state index in [0.717, 1.165) is 26.3 Å². The summed E-state index contributed by atoms with van der Waals surface area (Å²) in [6.07, 6.45) is 0.751. The number of hydrogen-bond donors (Lipinski definition) is 1. The zero-order valence-corrected chi connectivity index (χ0v) is 23.9. The first-order chi connectivity index (χ1) is 18.7. The lowest BCUT2D eigenvalue weighted by Crippen LogP contribution is -2.51. The summed E-state index contributed by atoms with van der Waals surface area (Å²) >= 11 is 3.46. The van der Waals surface area contributed by atoms with E-state index in [2.05, 4.69) is 21.2 Å². The van der Waals surface area contributed by atoms with Gasteiger partial charge >= 0.3 is 0 Å². The molecule has 1 N–H and O–H groups in total. The number of benzene rings is 3. The molecule has 0 radical (unpaired) electrons. The van der Waals surface area contributed by atoms with Crippen LogP contribution in [-0.2, 0) is 32.6 Å². The summed E-state index contributed by atoms with van der Waals surface area (Å²) in [5.41, 5.74) is 1.78. The van der Waals surface area contributed by atoms with Crippen LogP contribution in [0.3, 0.4) is 0 Å². The first kappa shape index (κ1) is 28.5. The Morgan fingerprint density at radius 2 is 1.67 bits per heavy atom. The molecule has 4 rings (SSSR count). The molecule has 0 aromatic heterocycles. The number of fused-ring (bicyclic) bond motifs is 1. The van der Waals surface area contributed by atoms with Gasteiger partial charge in [-0.3, -0.25) is 14.4 Å². The highest BCUT2D eigenvalue weighted by molar-refractivity contribution is 9.10. The quantitative estimate of drug-likeness (QED) is 0.351. The van der Waals surface area contributed by atoms with Crippen LogP contribution in [0.1, 0.15) is 41.3 Å². The molecular formula is C29H30BrN3O5S. The van der Waals surface area contributed by atoms with E-state index in [0.29, 0.717) is 6.54 Å². The fraction of sp³-hybridized carbons (Fsp3) is 0.276. The van der Waals surface area contributed by atoms with Gasteiger partial charge in [-0.25, -0.2) is 12.7 Å². The van der Waals surface area contributed by atoms with E-state index in [9.17, 15) is 22.8 Å². The summed E-state index contributed by atoms with van der Waals surface area (Å²) in [6, 6.07) is 22.0. The van der Waals surface area contributed by atoms with Crippen LogP contribution < -0.4 is 5.32 Å². The van der Waals surface area contributed by atoms with Gasteiger partial charge in [-0.2, -0.15) is 0 Å². The van der Waals surface area contributed by atoms with E-state index in [4.69, 9.17) is 0 Å². The van der Waals surface area contributed by atoms with E-state index in [1.807, 2.05) is 61.5 Å². The fourth-order valence-electron chi connectivity index (χ4n) is 4.54. The summed E-state index contributed by atoms with van der Waals surface area (Å²) < 4.78 is 27.6. The minimum Gasteiger partial charge on any atom is -0.354 e. The molecule has 0 unspecified atom stereocenters. The first-order valence-corrected chi connectivity index (χ1v) is 15.0. The van der Waals surface area contributed by atoms with Crippen molar-refractivity contribution in [3.05, 3.63) is 100 Å². The Hall–Kier alpha value is -3.50. The molecule has 3 amide bonds. The van der Waals surface area contributed by atoms with Crippen molar-refractivity contribution in [1.82, 2.24) is 14.5 Å². The van der Waals surface area contributed by atoms with Crippen molar-refractivity contribution >= 4 is 43.7 Å². The van der Waals surface area contributed by atoms with Crippen LogP contribution in [0, 0.1) is 0 Å². The van der Waals surface area contributed by atoms with Crippen LogP contribution in [0.4, 0.5) is 0 Å². The number of carbonyl (C=O) groups excluding carboxylic acids is 3. The van der Waals surface area contributed by atoms with Crippen LogP contribution in [0.2, 0.25) is 0 Å². The van der Waals surface area contributed by atoms with E-state index < -0.39 is 27.9 Å². The number of nitrogens with zero attached hydrogens (tertiary/aromatic N) is 2. The highest BCUT2D eigenvalue weighted by Crippen LogP contribution is 2.30. The second-order valence-electron chi connectivity index (χ2n) is 9.28. The molecule has 0 saturated carbocycles. The van der Waals surface area contributed by atoms with Crippen molar-refractivity contribution in [3.63, 3.8) is 0 Å². The second-order valence-corrected chi connectivity index (χ2v) is 12.0. The van der Waals surface area contributed by atoms with Gasteiger partial charge in [0.05, 0.1) is 5.56 Å². The van der Waals surface area contributed by atoms with Crippen molar-refractivity contribution in [1.29, 1.82) is 0 Å². The third-order valence-corrected chi connectivity index (χ3v) is 8.84. The standard InChI is InChI=1S/C29H30BrN3O5S/c1-2-16-31-28(35)25(19-21-9-4-3-5-10-21)32(20-22-11-8-12-23(30)18-22)27(34)15-17-33-29(36)24-13-6-7-14-26(24)39(33,37)38/h3-14,18,25H,2,15-17,19-20H2,1H3,(H,31,35)/t25-/m0/s1. The second kappa shape index (κ2) is 12.6. The largest absolute Gasteiger partial charge is 0.354 e. The van der Waals surface area contributed by atoms with Gasteiger partial charge in [-0.05, 0) is 41.8 Å². The molecule has 10 heteroatoms. The third-order valence-electron chi connectivity index (χ3n) is 6.50. The molecule has 8 nitrogen and oxygen atoms in total. The maximum atomic E-state index is 13.8. The predicted octanol–water partition coefficient (Wildman–Crippen LogP) is 4.15. The van der Waals surface area contributed by atoms with E-state index >= 15 is 0 Å². The number of hydrogen-bond acceptors (Lipinski definition) is 5. The number of rotatable bonds is 11. The highest BCUT2D eigenvalue weighted by atomic mass is 79.9. The lowest BCUT2D eigenvalue weighted by Gasteiger charge is -2.32. The number of sulfonamides is 1. The topological polar surface area (TPSA) is 104 Å². The Bertz CT molecular complexity index is 1460. The van der Waals surface area contributed by atoms with Crippen LogP contribution in [0.25, 0.3) is 0 Å². The molecule has 1 aliphatic rings. The van der Waals surface area contributed by atoms with E-state index in [-0.39, 0.29) is 42.3 Å². The summed E-state index contributed by atoms with van der Waals surface area (Å²) in [4.78, 5) is 41.5. The van der Waals surface area contributed by atoms with Crippen molar-refractivity contribution in [2.45, 2.75) is 43.7 Å². The van der Waals surface area contributed by atoms with Gasteiger partial charge in [0.15, 0.2) is 0 Å². The third kappa shape index (κ3) is 6.57. The van der Waals surface area contributed by atoms with Gasteiger partial charge in [0.2, 0.25) is 11.8 Å². The lowest BCUT2D eigenvalue weighted by molar-refractivity contribution is -0.141. The van der Waals surface area contributed by atoms with E-state index in [1.54, 1.807) is 12.1 Å². The molecule has 39 heavy (non-hydrogen) atoms. The lowest BCUT2D eigenvalue weighted by atomic mass is 10.0. The van der Waals surface area contributed by atoms with Crippen LogP contribution in [0.15, 0.2) is 88.2 Å². The van der Waals surface area contributed by atoms with Crippen LogP contribution in [0.5, 0.6) is 0 Å². The van der Waals surface area contributed by atoms with Gasteiger partial charge < -0.3 is 10.2 Å². The Morgan fingerprint density at radius 3 is 2.36 bits per heavy atom. The molecular weight excluding hydrogens is 582 g/mol. The average Bonchev–Trinajstić information content (AvgIpc) is 3.13. The molecule has 1 heterocycles. The molecule has 204 valence electrons. The molecule has 3 aromatic rings. The minimum absolute atomic E-state index is 0.0608. The first-order valence-electron chi connectivity index (χ1n) is 12.7. The van der Waals surface area contributed by atoms with Gasteiger partial charge in [-0.15, -0.1) is 0 Å². The summed E-state index contributed by atoms with van der Waals surface area (Å²) in [5, 5.41) is 2.91. The number of carbonyl (C=O) groups is 3. The maximum Gasteiger partial charge on any atom is 0.269 e. The summed E-state index contributed by atoms with van der Waals surface area (Å²) in [7, 11) is -4.05. The molecule has 3 aromatic carbocycles. The van der Waals surface area contributed by atoms with Crippen molar-refractivity contribution < 1.29 is 22.8 Å². The Kier molecular flexibility index (Phi) is 9.19. The van der Waals surface area contributed by atoms with Gasteiger partial charge in [0, 0.05) is 36.9 Å². The molecule has 0 fully saturated rings. The van der Waals surface area contributed by atoms with Crippen molar-refractivity contribution in [2.24, 2.45) is 0 Å². The van der Waals surface area contributed by atoms with Gasteiger partial charge in [0.25, 0.3) is 15.9 Å². The Labute approximate surface area is 237 Å².